The number of nitrogens with zero attached hydrogens (tertiary/aromatic N) is 1. The lowest BCUT2D eigenvalue weighted by Crippen LogP contribution is -2.19. The molecule has 3 rings (SSSR count). The highest BCUT2D eigenvalue weighted by atomic mass is 16.6. The van der Waals surface area contributed by atoms with Gasteiger partial charge in [-0.25, -0.2) is 0 Å². The van der Waals surface area contributed by atoms with Crippen molar-refractivity contribution in [3.05, 3.63) is 76.3 Å². The van der Waals surface area contributed by atoms with Crippen LogP contribution in [0.3, 0.4) is 0 Å². The molecular formula is C19H16N2O3. The lowest BCUT2D eigenvalue weighted by Gasteiger charge is -2.14. The lowest BCUT2D eigenvalue weighted by molar-refractivity contribution is -0.384. The van der Waals surface area contributed by atoms with Crippen LogP contribution in [0.15, 0.2) is 60.7 Å². The van der Waals surface area contributed by atoms with E-state index < -0.39 is 4.92 Å². The molecule has 0 saturated carbocycles. The van der Waals surface area contributed by atoms with Crippen molar-refractivity contribution < 1.29 is 9.72 Å². The minimum Gasteiger partial charge on any atom is -0.352 e. The minimum absolute atomic E-state index is 0.0471. The van der Waals surface area contributed by atoms with E-state index in [-0.39, 0.29) is 11.6 Å². The van der Waals surface area contributed by atoms with Crippen molar-refractivity contribution in [3.8, 4) is 11.1 Å². The number of hydrogen-bond donors (Lipinski definition) is 1. The van der Waals surface area contributed by atoms with Gasteiger partial charge in [-0.15, -0.1) is 0 Å². The summed E-state index contributed by atoms with van der Waals surface area (Å²) in [6.07, 6.45) is 0. The number of hydrogen-bond acceptors (Lipinski definition) is 3. The molecule has 0 unspecified atom stereocenters. The molecule has 0 saturated heterocycles. The predicted octanol–water partition coefficient (Wildman–Crippen LogP) is 4.05. The summed E-state index contributed by atoms with van der Waals surface area (Å²) in [4.78, 5) is 22.0. The van der Waals surface area contributed by atoms with Gasteiger partial charge in [-0.2, -0.15) is 0 Å². The summed E-state index contributed by atoms with van der Waals surface area (Å²) in [5.41, 5.74) is 2.64. The average Bonchev–Trinajstić information content (AvgIpc) is 2.59. The number of carbonyl (C=O) groups excluding carboxylic acids is 1. The van der Waals surface area contributed by atoms with Crippen molar-refractivity contribution in [1.29, 1.82) is 0 Å². The fourth-order valence-corrected chi connectivity index (χ4v) is 2.80. The fraction of sp³-hybridized carbons (Fsp3) is 0.105. The number of carbonyl (C=O) groups is 1. The number of non-ortho nitro benzene ring substituents is 1. The third kappa shape index (κ3) is 3.10. The molecule has 0 bridgehead atoms. The molecule has 3 aromatic rings. The zero-order chi connectivity index (χ0) is 17.1. The van der Waals surface area contributed by atoms with Crippen LogP contribution in [-0.2, 0) is 11.3 Å². The molecule has 0 radical (unpaired) electrons. The predicted molar refractivity (Wildman–Crippen MR) is 93.6 cm³/mol. The minimum atomic E-state index is -0.401. The second-order valence-corrected chi connectivity index (χ2v) is 5.54. The van der Waals surface area contributed by atoms with Crippen LogP contribution in [-0.4, -0.2) is 10.8 Å². The maximum absolute atomic E-state index is 11.3. The molecular weight excluding hydrogens is 304 g/mol. The first kappa shape index (κ1) is 15.7. The summed E-state index contributed by atoms with van der Waals surface area (Å²) in [5.74, 6) is -0.117. The van der Waals surface area contributed by atoms with E-state index >= 15 is 0 Å². The summed E-state index contributed by atoms with van der Waals surface area (Å²) in [6.45, 7) is 1.84. The highest BCUT2D eigenvalue weighted by molar-refractivity contribution is 5.98. The van der Waals surface area contributed by atoms with Gasteiger partial charge < -0.3 is 5.32 Å². The number of amides is 1. The van der Waals surface area contributed by atoms with Crippen molar-refractivity contribution in [2.45, 2.75) is 13.5 Å². The number of benzene rings is 3. The third-order valence-corrected chi connectivity index (χ3v) is 3.89. The molecule has 0 fully saturated rings. The van der Waals surface area contributed by atoms with Gasteiger partial charge in [-0.05, 0) is 27.5 Å². The van der Waals surface area contributed by atoms with E-state index in [2.05, 4.69) is 5.32 Å². The molecule has 0 spiro atoms. The molecule has 0 aromatic heterocycles. The van der Waals surface area contributed by atoms with Gasteiger partial charge in [0.2, 0.25) is 5.91 Å². The first-order valence-electron chi connectivity index (χ1n) is 7.56. The number of nitrogens with one attached hydrogen (secondary N) is 1. The molecule has 0 heterocycles. The highest BCUT2D eigenvalue weighted by Crippen LogP contribution is 2.34. The van der Waals surface area contributed by atoms with Gasteiger partial charge in [0.15, 0.2) is 0 Å². The van der Waals surface area contributed by atoms with Crippen LogP contribution in [0.25, 0.3) is 21.9 Å². The Kier molecular flexibility index (Phi) is 4.24. The van der Waals surface area contributed by atoms with Gasteiger partial charge >= 0.3 is 0 Å². The Hall–Kier alpha value is -3.21. The molecule has 0 aliphatic rings. The molecule has 1 N–H and O–H groups in total. The molecule has 5 heteroatoms. The topological polar surface area (TPSA) is 72.2 Å². The van der Waals surface area contributed by atoms with Crippen LogP contribution >= 0.6 is 0 Å². The van der Waals surface area contributed by atoms with E-state index in [9.17, 15) is 14.9 Å². The molecule has 0 aliphatic heterocycles. The van der Waals surface area contributed by atoms with Gasteiger partial charge in [0, 0.05) is 25.6 Å². The molecule has 1 amide bonds. The third-order valence-electron chi connectivity index (χ3n) is 3.89. The average molecular weight is 320 g/mol. The zero-order valence-corrected chi connectivity index (χ0v) is 13.2. The summed E-state index contributed by atoms with van der Waals surface area (Å²) in [5, 5.41) is 15.9. The van der Waals surface area contributed by atoms with E-state index in [0.717, 1.165) is 27.5 Å². The Balaban J connectivity index is 2.22. The number of fused-ring (bicyclic) bond motifs is 1. The molecule has 0 aliphatic carbocycles. The normalized spacial score (nSPS) is 10.5. The van der Waals surface area contributed by atoms with Crippen LogP contribution in [0, 0.1) is 10.1 Å². The first-order valence-corrected chi connectivity index (χ1v) is 7.56. The number of nitro benzene ring substituents is 1. The largest absolute Gasteiger partial charge is 0.352 e. The standard InChI is InChI=1S/C19H16N2O3/c1-13(22)20-12-16-10-9-14-5-2-3-8-18(14)19(16)15-6-4-7-17(11-15)21(23)24/h2-11H,12H2,1H3,(H,20,22). The number of nitro groups is 1. The van der Waals surface area contributed by atoms with E-state index in [4.69, 9.17) is 0 Å². The van der Waals surface area contributed by atoms with Crippen LogP contribution in [0.1, 0.15) is 12.5 Å². The molecule has 120 valence electrons. The Labute approximate surface area is 139 Å². The lowest BCUT2D eigenvalue weighted by atomic mass is 9.93. The highest BCUT2D eigenvalue weighted by Gasteiger charge is 2.13. The van der Waals surface area contributed by atoms with Crippen LogP contribution in [0.2, 0.25) is 0 Å². The Morgan fingerprint density at radius 3 is 2.62 bits per heavy atom. The molecule has 5 nitrogen and oxygen atoms in total. The maximum Gasteiger partial charge on any atom is 0.270 e. The van der Waals surface area contributed by atoms with Crippen LogP contribution < -0.4 is 5.32 Å². The van der Waals surface area contributed by atoms with Gasteiger partial charge in [0.25, 0.3) is 5.69 Å². The SMILES string of the molecule is CC(=O)NCc1ccc2ccccc2c1-c1cccc([N+](=O)[O-])c1. The van der Waals surface area contributed by atoms with Crippen molar-refractivity contribution >= 4 is 22.4 Å². The van der Waals surface area contributed by atoms with Crippen molar-refractivity contribution in [2.24, 2.45) is 0 Å². The van der Waals surface area contributed by atoms with Crippen LogP contribution in [0.4, 0.5) is 5.69 Å². The molecule has 24 heavy (non-hydrogen) atoms. The maximum atomic E-state index is 11.3. The summed E-state index contributed by atoms with van der Waals surface area (Å²) in [7, 11) is 0. The monoisotopic (exact) mass is 320 g/mol. The summed E-state index contributed by atoms with van der Waals surface area (Å²) in [6, 6.07) is 18.4. The van der Waals surface area contributed by atoms with Crippen molar-refractivity contribution in [3.63, 3.8) is 0 Å². The van der Waals surface area contributed by atoms with Crippen molar-refractivity contribution in [2.75, 3.05) is 0 Å². The van der Waals surface area contributed by atoms with E-state index in [1.807, 2.05) is 42.5 Å². The molecule has 0 atom stereocenters. The van der Waals surface area contributed by atoms with Gasteiger partial charge in [0.05, 0.1) is 4.92 Å². The quantitative estimate of drug-likeness (QED) is 0.582. The second-order valence-electron chi connectivity index (χ2n) is 5.54. The Bertz CT molecular complexity index is 935. The van der Waals surface area contributed by atoms with E-state index in [1.54, 1.807) is 12.1 Å². The van der Waals surface area contributed by atoms with Gasteiger partial charge in [-0.3, -0.25) is 14.9 Å². The second kappa shape index (κ2) is 6.50. The number of rotatable bonds is 4. The first-order chi connectivity index (χ1) is 11.6. The van der Waals surface area contributed by atoms with Crippen LogP contribution in [0.5, 0.6) is 0 Å². The van der Waals surface area contributed by atoms with Gasteiger partial charge in [-0.1, -0.05) is 48.5 Å². The Morgan fingerprint density at radius 2 is 1.88 bits per heavy atom. The fourth-order valence-electron chi connectivity index (χ4n) is 2.80. The van der Waals surface area contributed by atoms with Gasteiger partial charge in [0.1, 0.15) is 0 Å². The van der Waals surface area contributed by atoms with Crippen molar-refractivity contribution in [1.82, 2.24) is 5.32 Å². The zero-order valence-electron chi connectivity index (χ0n) is 13.2. The summed E-state index contributed by atoms with van der Waals surface area (Å²) < 4.78 is 0. The summed E-state index contributed by atoms with van der Waals surface area (Å²) >= 11 is 0. The van der Waals surface area contributed by atoms with E-state index in [0.29, 0.717) is 6.54 Å². The molecule has 3 aromatic carbocycles. The smallest absolute Gasteiger partial charge is 0.270 e. The van der Waals surface area contributed by atoms with E-state index in [1.165, 1.54) is 13.0 Å². The Morgan fingerprint density at radius 1 is 1.08 bits per heavy atom.